The first-order chi connectivity index (χ1) is 18.0. The van der Waals surface area contributed by atoms with Crippen LogP contribution >= 0.6 is 0 Å². The Bertz CT molecular complexity index is 1100. The molecule has 0 spiro atoms. The van der Waals surface area contributed by atoms with Crippen LogP contribution < -0.4 is 5.32 Å². The van der Waals surface area contributed by atoms with Gasteiger partial charge >= 0.3 is 6.18 Å². The molecule has 10 heteroatoms. The van der Waals surface area contributed by atoms with Gasteiger partial charge in [0.25, 0.3) is 0 Å². The van der Waals surface area contributed by atoms with Gasteiger partial charge in [-0.2, -0.15) is 13.2 Å². The number of benzene rings is 1. The second kappa shape index (κ2) is 10.7. The molecule has 38 heavy (non-hydrogen) atoms. The summed E-state index contributed by atoms with van der Waals surface area (Å²) in [6, 6.07) is 8.86. The number of rotatable bonds is 7. The highest BCUT2D eigenvalue weighted by molar-refractivity contribution is 5.36. The van der Waals surface area contributed by atoms with Crippen molar-refractivity contribution < 1.29 is 33.2 Å². The summed E-state index contributed by atoms with van der Waals surface area (Å²) in [5.74, 6) is -0.121. The molecule has 1 saturated heterocycles. The summed E-state index contributed by atoms with van der Waals surface area (Å²) < 4.78 is 44.7. The van der Waals surface area contributed by atoms with Crippen molar-refractivity contribution in [3.05, 3.63) is 53.5 Å². The van der Waals surface area contributed by atoms with E-state index in [0.29, 0.717) is 12.3 Å². The number of anilines is 1. The van der Waals surface area contributed by atoms with Crippen molar-refractivity contribution in [1.82, 2.24) is 9.97 Å². The molecule has 0 bridgehead atoms. The Balaban J connectivity index is 1.19. The number of hydrogen-bond donors (Lipinski definition) is 4. The third-order valence-corrected chi connectivity index (χ3v) is 8.67. The Morgan fingerprint density at radius 1 is 1.03 bits per heavy atom. The molecular weight excluding hydrogens is 499 g/mol. The molecule has 2 aromatic rings. The predicted molar refractivity (Wildman–Crippen MR) is 134 cm³/mol. The molecule has 2 unspecified atom stereocenters. The highest BCUT2D eigenvalue weighted by Gasteiger charge is 2.52. The van der Waals surface area contributed by atoms with Crippen LogP contribution in [0.15, 0.2) is 36.5 Å². The minimum atomic E-state index is -4.74. The van der Waals surface area contributed by atoms with E-state index in [1.54, 1.807) is 6.92 Å². The van der Waals surface area contributed by atoms with E-state index in [-0.39, 0.29) is 11.7 Å². The zero-order valence-electron chi connectivity index (χ0n) is 21.4. The van der Waals surface area contributed by atoms with Gasteiger partial charge < -0.3 is 25.4 Å². The predicted octanol–water partition coefficient (Wildman–Crippen LogP) is 4.42. The molecule has 4 N–H and O–H groups in total. The van der Waals surface area contributed by atoms with E-state index >= 15 is 0 Å². The maximum atomic E-state index is 13.0. The van der Waals surface area contributed by atoms with Crippen LogP contribution in [-0.4, -0.2) is 55.4 Å². The lowest BCUT2D eigenvalue weighted by atomic mass is 9.79. The smallest absolute Gasteiger partial charge is 0.388 e. The van der Waals surface area contributed by atoms with Crippen LogP contribution in [0.5, 0.6) is 0 Å². The number of halogens is 3. The molecule has 2 saturated carbocycles. The lowest BCUT2D eigenvalue weighted by molar-refractivity contribution is -0.283. The third-order valence-electron chi connectivity index (χ3n) is 8.67. The molecule has 3 fully saturated rings. The molecule has 208 valence electrons. The summed E-state index contributed by atoms with van der Waals surface area (Å²) in [5, 5.41) is 35.1. The maximum Gasteiger partial charge on any atom is 0.451 e. The Hall–Kier alpha value is -2.27. The molecule has 7 atom stereocenters. The summed E-state index contributed by atoms with van der Waals surface area (Å²) in [7, 11) is 0. The van der Waals surface area contributed by atoms with E-state index in [9.17, 15) is 28.5 Å². The van der Waals surface area contributed by atoms with Crippen molar-refractivity contribution in [3.8, 4) is 0 Å². The van der Waals surface area contributed by atoms with E-state index in [1.165, 1.54) is 36.5 Å². The number of alkyl halides is 3. The molecule has 1 aromatic carbocycles. The van der Waals surface area contributed by atoms with Crippen LogP contribution in [0, 0.1) is 11.8 Å². The fourth-order valence-corrected chi connectivity index (χ4v) is 6.31. The number of aliphatic hydroxyl groups excluding tert-OH is 3. The highest BCUT2D eigenvalue weighted by atomic mass is 19.4. The molecular formula is C28H36F3N3O4. The molecule has 5 rings (SSSR count). The van der Waals surface area contributed by atoms with Gasteiger partial charge in [0.15, 0.2) is 6.29 Å². The van der Waals surface area contributed by atoms with Crippen LogP contribution in [0.25, 0.3) is 0 Å². The minimum Gasteiger partial charge on any atom is -0.388 e. The van der Waals surface area contributed by atoms with Crippen LogP contribution in [0.3, 0.4) is 0 Å². The molecule has 2 aliphatic carbocycles. The number of hydrogen-bond acceptors (Lipinski definition) is 7. The quantitative estimate of drug-likeness (QED) is 0.416. The zero-order valence-corrected chi connectivity index (χ0v) is 21.4. The first-order valence-electron chi connectivity index (χ1n) is 13.5. The number of aromatic nitrogens is 2. The van der Waals surface area contributed by atoms with Gasteiger partial charge in [0, 0.05) is 6.20 Å². The minimum absolute atomic E-state index is 0.231. The SMILES string of the molecule is C[C@]1(CC2CCC(c3ccc(CC4CCC4)cc3)C2)O[C@H](O)[C@H](Nc2ccnc(C(F)(F)F)n2)[C@@H](O)[C@H]1O. The third kappa shape index (κ3) is 5.83. The van der Waals surface area contributed by atoms with Crippen molar-refractivity contribution in [3.63, 3.8) is 0 Å². The second-order valence-corrected chi connectivity index (χ2v) is 11.5. The number of aliphatic hydroxyl groups is 3. The molecule has 7 nitrogen and oxygen atoms in total. The second-order valence-electron chi connectivity index (χ2n) is 11.5. The van der Waals surface area contributed by atoms with Gasteiger partial charge in [-0.3, -0.25) is 0 Å². The van der Waals surface area contributed by atoms with Crippen LogP contribution in [0.2, 0.25) is 0 Å². The molecule has 3 aliphatic rings. The fourth-order valence-electron chi connectivity index (χ4n) is 6.31. The fraction of sp³-hybridized carbons (Fsp3) is 0.643. The summed E-state index contributed by atoms with van der Waals surface area (Å²) in [6.07, 6.45) is 0.248. The largest absolute Gasteiger partial charge is 0.451 e. The molecule has 1 aromatic heterocycles. The highest BCUT2D eigenvalue weighted by Crippen LogP contribution is 2.45. The van der Waals surface area contributed by atoms with E-state index in [1.807, 2.05) is 0 Å². The Kier molecular flexibility index (Phi) is 7.70. The molecule has 1 aliphatic heterocycles. The Morgan fingerprint density at radius 3 is 2.42 bits per heavy atom. The van der Waals surface area contributed by atoms with Crippen molar-refractivity contribution in [1.29, 1.82) is 0 Å². The zero-order chi connectivity index (χ0) is 27.1. The van der Waals surface area contributed by atoms with Crippen LogP contribution in [0.1, 0.15) is 74.7 Å². The average molecular weight is 536 g/mol. The van der Waals surface area contributed by atoms with Crippen LogP contribution in [0.4, 0.5) is 19.0 Å². The summed E-state index contributed by atoms with van der Waals surface area (Å²) >= 11 is 0. The van der Waals surface area contributed by atoms with Gasteiger partial charge in [-0.15, -0.1) is 0 Å². The maximum absolute atomic E-state index is 13.0. The van der Waals surface area contributed by atoms with Crippen LogP contribution in [-0.2, 0) is 17.3 Å². The first kappa shape index (κ1) is 27.3. The molecule has 2 heterocycles. The van der Waals surface area contributed by atoms with E-state index in [0.717, 1.165) is 37.8 Å². The monoisotopic (exact) mass is 535 g/mol. The van der Waals surface area contributed by atoms with Gasteiger partial charge in [0.1, 0.15) is 24.1 Å². The first-order valence-corrected chi connectivity index (χ1v) is 13.5. The number of ether oxygens (including phenoxy) is 1. The van der Waals surface area contributed by atoms with E-state index < -0.39 is 42.1 Å². The number of nitrogens with one attached hydrogen (secondary N) is 1. The van der Waals surface area contributed by atoms with Gasteiger partial charge in [0.05, 0.1) is 5.60 Å². The normalized spacial score (nSPS) is 34.2. The summed E-state index contributed by atoms with van der Waals surface area (Å²) in [6.45, 7) is 1.66. The lowest BCUT2D eigenvalue weighted by Crippen LogP contribution is -2.65. The van der Waals surface area contributed by atoms with Crippen molar-refractivity contribution in [2.75, 3.05) is 5.32 Å². The summed E-state index contributed by atoms with van der Waals surface area (Å²) in [5.41, 5.74) is 1.49. The van der Waals surface area contributed by atoms with E-state index in [4.69, 9.17) is 4.74 Å². The standard InChI is InChI=1S/C28H36F3N3O4/c1-27(15-18-7-10-20(14-18)19-8-5-17(6-9-19)13-16-3-2-4-16)24(36)23(35)22(25(37)38-27)33-21-11-12-32-26(34-21)28(29,30)31/h5-6,8-9,11-12,16,18,20,22-25,35-37H,2-4,7,10,13-15H2,1H3,(H,32,33,34)/t18?,20?,22-,23-,24-,25+,27-/m1/s1. The van der Waals surface area contributed by atoms with Gasteiger partial charge in [0.2, 0.25) is 5.82 Å². The lowest BCUT2D eigenvalue weighted by Gasteiger charge is -2.48. The van der Waals surface area contributed by atoms with Gasteiger partial charge in [-0.25, -0.2) is 9.97 Å². The Labute approximate surface area is 220 Å². The summed E-state index contributed by atoms with van der Waals surface area (Å²) in [4.78, 5) is 6.61. The van der Waals surface area contributed by atoms with Crippen molar-refractivity contribution >= 4 is 5.82 Å². The van der Waals surface area contributed by atoms with Crippen molar-refractivity contribution in [2.45, 2.75) is 101 Å². The number of nitrogens with zero attached hydrogens (tertiary/aromatic N) is 2. The van der Waals surface area contributed by atoms with Gasteiger partial charge in [-0.1, -0.05) is 43.5 Å². The van der Waals surface area contributed by atoms with Crippen molar-refractivity contribution in [2.24, 2.45) is 11.8 Å². The topological polar surface area (TPSA) is 108 Å². The Morgan fingerprint density at radius 2 is 1.76 bits per heavy atom. The van der Waals surface area contributed by atoms with E-state index in [2.05, 4.69) is 39.6 Å². The molecule has 0 radical (unpaired) electrons. The molecule has 0 amide bonds. The van der Waals surface area contributed by atoms with Gasteiger partial charge in [-0.05, 0) is 74.0 Å². The average Bonchev–Trinajstić information content (AvgIpc) is 3.31.